The highest BCUT2D eigenvalue weighted by Crippen LogP contribution is 2.23. The lowest BCUT2D eigenvalue weighted by Crippen LogP contribution is -2.18. The maximum absolute atomic E-state index is 11.5. The smallest absolute Gasteiger partial charge is 0.378 e. The van der Waals surface area contributed by atoms with Gasteiger partial charge in [-0.15, -0.1) is 5.10 Å². The van der Waals surface area contributed by atoms with Gasteiger partial charge < -0.3 is 9.47 Å². The second kappa shape index (κ2) is 5.27. The predicted octanol–water partition coefficient (Wildman–Crippen LogP) is 0.886. The van der Waals surface area contributed by atoms with Gasteiger partial charge in [0.2, 0.25) is 0 Å². The standard InChI is InChI=1S/C11H17N3O3/c1-3-17-11(15)9-12-10(14(2)13-9)8-5-4-6-16-7-8/h8H,3-7H2,1-2H3. The van der Waals surface area contributed by atoms with E-state index in [4.69, 9.17) is 9.47 Å². The summed E-state index contributed by atoms with van der Waals surface area (Å²) in [5.74, 6) is 0.693. The topological polar surface area (TPSA) is 66.2 Å². The molecule has 1 saturated heterocycles. The van der Waals surface area contributed by atoms with E-state index in [1.165, 1.54) is 0 Å². The van der Waals surface area contributed by atoms with Crippen molar-refractivity contribution in [1.29, 1.82) is 0 Å². The van der Waals surface area contributed by atoms with Crippen LogP contribution >= 0.6 is 0 Å². The third kappa shape index (κ3) is 2.63. The Bertz CT molecular complexity index is 397. The van der Waals surface area contributed by atoms with Crippen LogP contribution in [-0.4, -0.2) is 40.6 Å². The lowest BCUT2D eigenvalue weighted by Gasteiger charge is -2.20. The number of carbonyl (C=O) groups excluding carboxylic acids is 1. The molecule has 0 saturated carbocycles. The Kier molecular flexibility index (Phi) is 3.73. The van der Waals surface area contributed by atoms with Crippen molar-refractivity contribution in [2.24, 2.45) is 7.05 Å². The highest BCUT2D eigenvalue weighted by Gasteiger charge is 2.24. The number of aromatic nitrogens is 3. The van der Waals surface area contributed by atoms with Crippen LogP contribution in [0, 0.1) is 0 Å². The Morgan fingerprint density at radius 1 is 1.65 bits per heavy atom. The minimum Gasteiger partial charge on any atom is -0.460 e. The zero-order chi connectivity index (χ0) is 12.3. The van der Waals surface area contributed by atoms with Crippen LogP contribution < -0.4 is 0 Å². The molecule has 6 heteroatoms. The number of rotatable bonds is 3. The average molecular weight is 239 g/mol. The van der Waals surface area contributed by atoms with Crippen molar-refractivity contribution in [3.8, 4) is 0 Å². The predicted molar refractivity (Wildman–Crippen MR) is 59.8 cm³/mol. The van der Waals surface area contributed by atoms with E-state index >= 15 is 0 Å². The Hall–Kier alpha value is -1.43. The van der Waals surface area contributed by atoms with Gasteiger partial charge in [0.15, 0.2) is 0 Å². The Labute approximate surface area is 99.9 Å². The van der Waals surface area contributed by atoms with Gasteiger partial charge in [-0.3, -0.25) is 4.68 Å². The number of nitrogens with zero attached hydrogens (tertiary/aromatic N) is 3. The molecule has 0 N–H and O–H groups in total. The molecular weight excluding hydrogens is 222 g/mol. The SMILES string of the molecule is CCOC(=O)c1nc(C2CCCOC2)n(C)n1. The summed E-state index contributed by atoms with van der Waals surface area (Å²) >= 11 is 0. The molecule has 1 fully saturated rings. The van der Waals surface area contributed by atoms with E-state index in [9.17, 15) is 4.79 Å². The summed E-state index contributed by atoms with van der Waals surface area (Å²) in [7, 11) is 1.79. The number of carbonyl (C=O) groups is 1. The highest BCUT2D eigenvalue weighted by atomic mass is 16.5. The summed E-state index contributed by atoms with van der Waals surface area (Å²) < 4.78 is 11.9. The number of hydrogen-bond acceptors (Lipinski definition) is 5. The third-order valence-electron chi connectivity index (χ3n) is 2.78. The van der Waals surface area contributed by atoms with Crippen LogP contribution in [-0.2, 0) is 16.5 Å². The molecule has 1 aromatic rings. The molecule has 1 aliphatic heterocycles. The molecule has 1 aromatic heterocycles. The molecule has 0 aromatic carbocycles. The number of esters is 1. The van der Waals surface area contributed by atoms with E-state index in [0.29, 0.717) is 13.2 Å². The van der Waals surface area contributed by atoms with Crippen molar-refractivity contribution in [2.75, 3.05) is 19.8 Å². The average Bonchev–Trinajstić information content (AvgIpc) is 2.73. The van der Waals surface area contributed by atoms with Crippen molar-refractivity contribution in [3.05, 3.63) is 11.6 Å². The van der Waals surface area contributed by atoms with Crippen LogP contribution in [0.4, 0.5) is 0 Å². The van der Waals surface area contributed by atoms with Crippen molar-refractivity contribution in [3.63, 3.8) is 0 Å². The van der Waals surface area contributed by atoms with Crippen molar-refractivity contribution in [2.45, 2.75) is 25.7 Å². The molecule has 1 aliphatic rings. The number of hydrogen-bond donors (Lipinski definition) is 0. The second-order valence-corrected chi connectivity index (χ2v) is 4.05. The summed E-state index contributed by atoms with van der Waals surface area (Å²) in [6.07, 6.45) is 2.04. The summed E-state index contributed by atoms with van der Waals surface area (Å²) in [4.78, 5) is 15.8. The van der Waals surface area contributed by atoms with Gasteiger partial charge in [-0.05, 0) is 19.8 Å². The summed E-state index contributed by atoms with van der Waals surface area (Å²) in [6, 6.07) is 0. The number of ether oxygens (including phenoxy) is 2. The monoisotopic (exact) mass is 239 g/mol. The fourth-order valence-electron chi connectivity index (χ4n) is 1.98. The Morgan fingerprint density at radius 3 is 3.12 bits per heavy atom. The molecule has 0 aliphatic carbocycles. The Morgan fingerprint density at radius 2 is 2.47 bits per heavy atom. The maximum atomic E-state index is 11.5. The quantitative estimate of drug-likeness (QED) is 0.733. The van der Waals surface area contributed by atoms with Gasteiger partial charge in [-0.25, -0.2) is 9.78 Å². The van der Waals surface area contributed by atoms with Gasteiger partial charge in [0.1, 0.15) is 5.82 Å². The first-order chi connectivity index (χ1) is 8.22. The van der Waals surface area contributed by atoms with Crippen LogP contribution in [0.15, 0.2) is 0 Å². The molecule has 1 unspecified atom stereocenters. The molecule has 17 heavy (non-hydrogen) atoms. The van der Waals surface area contributed by atoms with Gasteiger partial charge in [0.05, 0.1) is 13.2 Å². The van der Waals surface area contributed by atoms with E-state index in [1.807, 2.05) is 0 Å². The van der Waals surface area contributed by atoms with E-state index in [0.717, 1.165) is 25.3 Å². The van der Waals surface area contributed by atoms with E-state index in [-0.39, 0.29) is 11.7 Å². The van der Waals surface area contributed by atoms with Crippen LogP contribution in [0.2, 0.25) is 0 Å². The summed E-state index contributed by atoms with van der Waals surface area (Å²) in [5, 5.41) is 4.08. The molecule has 0 bridgehead atoms. The fraction of sp³-hybridized carbons (Fsp3) is 0.727. The van der Waals surface area contributed by atoms with Crippen molar-refractivity contribution in [1.82, 2.24) is 14.8 Å². The van der Waals surface area contributed by atoms with Crippen LogP contribution in [0.3, 0.4) is 0 Å². The van der Waals surface area contributed by atoms with Crippen LogP contribution in [0.5, 0.6) is 0 Å². The lowest BCUT2D eigenvalue weighted by molar-refractivity contribution is 0.0511. The van der Waals surface area contributed by atoms with Gasteiger partial charge >= 0.3 is 5.97 Å². The van der Waals surface area contributed by atoms with Crippen molar-refractivity contribution >= 4 is 5.97 Å². The zero-order valence-electron chi connectivity index (χ0n) is 10.2. The highest BCUT2D eigenvalue weighted by molar-refractivity contribution is 5.84. The number of aryl methyl sites for hydroxylation is 1. The lowest BCUT2D eigenvalue weighted by atomic mass is 10.0. The van der Waals surface area contributed by atoms with E-state index in [2.05, 4.69) is 10.1 Å². The molecular formula is C11H17N3O3. The second-order valence-electron chi connectivity index (χ2n) is 4.05. The third-order valence-corrected chi connectivity index (χ3v) is 2.78. The van der Waals surface area contributed by atoms with E-state index in [1.54, 1.807) is 18.7 Å². The van der Waals surface area contributed by atoms with Crippen molar-refractivity contribution < 1.29 is 14.3 Å². The minimum atomic E-state index is -0.467. The first-order valence-electron chi connectivity index (χ1n) is 5.88. The molecule has 94 valence electrons. The van der Waals surface area contributed by atoms with Crippen LogP contribution in [0.25, 0.3) is 0 Å². The van der Waals surface area contributed by atoms with Gasteiger partial charge in [0, 0.05) is 19.6 Å². The molecule has 2 heterocycles. The maximum Gasteiger partial charge on any atom is 0.378 e. The van der Waals surface area contributed by atoms with Crippen LogP contribution in [0.1, 0.15) is 42.1 Å². The first kappa shape index (κ1) is 12.0. The first-order valence-corrected chi connectivity index (χ1v) is 5.88. The zero-order valence-corrected chi connectivity index (χ0v) is 10.2. The van der Waals surface area contributed by atoms with Gasteiger partial charge in [-0.2, -0.15) is 0 Å². The largest absolute Gasteiger partial charge is 0.460 e. The minimum absolute atomic E-state index is 0.134. The normalized spacial score (nSPS) is 20.2. The van der Waals surface area contributed by atoms with E-state index < -0.39 is 5.97 Å². The van der Waals surface area contributed by atoms with Gasteiger partial charge in [-0.1, -0.05) is 0 Å². The summed E-state index contributed by atoms with van der Waals surface area (Å²) in [6.45, 7) is 3.55. The fourth-order valence-corrected chi connectivity index (χ4v) is 1.98. The molecule has 6 nitrogen and oxygen atoms in total. The summed E-state index contributed by atoms with van der Waals surface area (Å²) in [5.41, 5.74) is 0. The molecule has 0 spiro atoms. The molecule has 2 rings (SSSR count). The molecule has 1 atom stereocenters. The molecule has 0 radical (unpaired) electrons. The Balaban J connectivity index is 2.15. The molecule has 0 amide bonds. The van der Waals surface area contributed by atoms with Gasteiger partial charge in [0.25, 0.3) is 5.82 Å².